The first-order chi connectivity index (χ1) is 12.6. The molecule has 1 radical (unpaired) electrons. The largest absolute Gasteiger partial charge is 2.00 e. The zero-order chi connectivity index (χ0) is 21.9. The second-order valence-electron chi connectivity index (χ2n) is 4.88. The van der Waals surface area contributed by atoms with E-state index in [1.165, 1.54) is 0 Å². The normalized spacial score (nSPS) is 10.8. The van der Waals surface area contributed by atoms with E-state index in [-0.39, 0.29) is 16.8 Å². The van der Waals surface area contributed by atoms with Crippen LogP contribution >= 0.6 is 0 Å². The van der Waals surface area contributed by atoms with Crippen molar-refractivity contribution in [3.05, 3.63) is 47.5 Å². The van der Waals surface area contributed by atoms with E-state index in [4.69, 9.17) is 19.3 Å². The van der Waals surface area contributed by atoms with Crippen LogP contribution in [0.25, 0.3) is 0 Å². The Kier molecular flexibility index (Phi) is 8.78. The molecule has 0 saturated carbocycles. The predicted octanol–water partition coefficient (Wildman–Crippen LogP) is -0.592. The number of hydrogen-bond donors (Lipinski definition) is 4. The summed E-state index contributed by atoms with van der Waals surface area (Å²) in [7, 11) is -8.92. The van der Waals surface area contributed by atoms with Gasteiger partial charge in [-0.25, -0.2) is 9.59 Å². The predicted molar refractivity (Wildman–Crippen MR) is 85.3 cm³/mol. The molecular weight excluding hydrogens is 483 g/mol. The van der Waals surface area contributed by atoms with Crippen molar-refractivity contribution in [2.24, 2.45) is 0 Å². The van der Waals surface area contributed by atoms with Gasteiger partial charge in [0.15, 0.2) is 0 Å². The number of hydrogen-bond acceptors (Lipinski definition) is 8. The van der Waals surface area contributed by atoms with Gasteiger partial charge in [0.05, 0.1) is 20.9 Å². The van der Waals surface area contributed by atoms with Crippen molar-refractivity contribution in [3.63, 3.8) is 0 Å². The standard InChI is InChI=1S/2C7H6O6S.Co/c2*8-6-3-4(14(11,12)13)1-2-5(6)7(9)10;/h2*1-3,8H,(H,9,10)(H,11,12,13);/q;;+2/p-2. The SMILES string of the molecule is O=C(O)c1ccc(S(=O)(=O)O)cc1[O-].O=C(O)c1ccc(S(=O)(=O)O)cc1[O-].[Co+2]. The Morgan fingerprint density at radius 2 is 0.966 bits per heavy atom. The van der Waals surface area contributed by atoms with Crippen LogP contribution in [0.15, 0.2) is 46.2 Å². The van der Waals surface area contributed by atoms with Gasteiger partial charge in [-0.1, -0.05) is 11.5 Å². The van der Waals surface area contributed by atoms with Crippen molar-refractivity contribution >= 4 is 32.2 Å². The first kappa shape index (κ1) is 26.3. The van der Waals surface area contributed by atoms with E-state index in [1.54, 1.807) is 0 Å². The first-order valence-electron chi connectivity index (χ1n) is 6.68. The molecule has 15 heteroatoms. The van der Waals surface area contributed by atoms with Crippen LogP contribution in [0, 0.1) is 0 Å². The number of rotatable bonds is 4. The fourth-order valence-electron chi connectivity index (χ4n) is 1.68. The van der Waals surface area contributed by atoms with Gasteiger partial charge in [-0.15, -0.1) is 0 Å². The minimum atomic E-state index is -4.46. The first-order valence-corrected chi connectivity index (χ1v) is 9.56. The molecule has 2 rings (SSSR count). The van der Waals surface area contributed by atoms with Gasteiger partial charge in [-0.05, 0) is 36.4 Å². The molecule has 12 nitrogen and oxygen atoms in total. The van der Waals surface area contributed by atoms with E-state index in [0.29, 0.717) is 12.1 Å². The summed E-state index contributed by atoms with van der Waals surface area (Å²) in [4.78, 5) is 19.5. The monoisotopic (exact) mass is 493 g/mol. The van der Waals surface area contributed by atoms with E-state index >= 15 is 0 Å². The van der Waals surface area contributed by atoms with Crippen LogP contribution in [0.5, 0.6) is 11.5 Å². The average Bonchev–Trinajstić information content (AvgIpc) is 2.52. The summed E-state index contributed by atoms with van der Waals surface area (Å²) in [5.74, 6) is -4.82. The minimum Gasteiger partial charge on any atom is -0.872 e. The molecule has 0 aromatic heterocycles. The molecule has 159 valence electrons. The molecular formula is C14H10CoO12S2. The molecule has 0 atom stereocenters. The zero-order valence-electron chi connectivity index (χ0n) is 13.7. The third-order valence-electron chi connectivity index (χ3n) is 2.96. The molecule has 0 heterocycles. The van der Waals surface area contributed by atoms with E-state index in [1.807, 2.05) is 0 Å². The van der Waals surface area contributed by atoms with Crippen molar-refractivity contribution in [1.82, 2.24) is 0 Å². The van der Waals surface area contributed by atoms with Gasteiger partial charge in [0.25, 0.3) is 20.2 Å². The Morgan fingerprint density at radius 3 is 1.14 bits per heavy atom. The van der Waals surface area contributed by atoms with Crippen molar-refractivity contribution in [2.75, 3.05) is 0 Å². The summed E-state index contributed by atoms with van der Waals surface area (Å²) in [5, 5.41) is 38.8. The number of aromatic carboxylic acids is 2. The molecule has 0 aliphatic rings. The van der Waals surface area contributed by atoms with E-state index in [9.17, 15) is 36.6 Å². The van der Waals surface area contributed by atoms with Crippen LogP contribution in [-0.2, 0) is 37.0 Å². The molecule has 0 amide bonds. The van der Waals surface area contributed by atoms with Crippen molar-refractivity contribution in [1.29, 1.82) is 0 Å². The second-order valence-corrected chi connectivity index (χ2v) is 7.72. The molecule has 0 aliphatic carbocycles. The quantitative estimate of drug-likeness (QED) is 0.392. The Bertz CT molecular complexity index is 1050. The van der Waals surface area contributed by atoms with Gasteiger partial charge in [-0.3, -0.25) is 9.11 Å². The van der Waals surface area contributed by atoms with Gasteiger partial charge in [-0.2, -0.15) is 16.8 Å². The molecule has 0 fully saturated rings. The van der Waals surface area contributed by atoms with Crippen molar-refractivity contribution in [2.45, 2.75) is 9.79 Å². The van der Waals surface area contributed by atoms with Crippen LogP contribution in [0.3, 0.4) is 0 Å². The van der Waals surface area contributed by atoms with Gasteiger partial charge >= 0.3 is 28.7 Å². The third-order valence-corrected chi connectivity index (χ3v) is 4.66. The molecule has 0 aliphatic heterocycles. The molecule has 2 aromatic rings. The number of benzene rings is 2. The summed E-state index contributed by atoms with van der Waals surface area (Å²) in [6, 6.07) is 4.46. The van der Waals surface area contributed by atoms with E-state index < -0.39 is 64.6 Å². The van der Waals surface area contributed by atoms with Crippen LogP contribution in [-0.4, -0.2) is 48.1 Å². The fourth-order valence-corrected chi connectivity index (χ4v) is 2.67. The Balaban J connectivity index is 0.000000523. The van der Waals surface area contributed by atoms with Gasteiger partial charge in [0.1, 0.15) is 0 Å². The van der Waals surface area contributed by atoms with Crippen molar-refractivity contribution < 1.29 is 72.7 Å². The second kappa shape index (κ2) is 9.68. The molecule has 0 saturated heterocycles. The smallest absolute Gasteiger partial charge is 0.872 e. The number of carbonyl (C=O) groups is 2. The Labute approximate surface area is 173 Å². The molecule has 0 bridgehead atoms. The summed E-state index contributed by atoms with van der Waals surface area (Å²) < 4.78 is 59.2. The number of carboxylic acids is 2. The topological polar surface area (TPSA) is 229 Å². The maximum atomic E-state index is 11.0. The molecule has 0 unspecified atom stereocenters. The van der Waals surface area contributed by atoms with E-state index in [2.05, 4.69) is 0 Å². The van der Waals surface area contributed by atoms with E-state index in [0.717, 1.165) is 24.3 Å². The summed E-state index contributed by atoms with van der Waals surface area (Å²) in [6.07, 6.45) is 0. The molecule has 2 aromatic carbocycles. The maximum absolute atomic E-state index is 11.0. The third kappa shape index (κ3) is 7.33. The van der Waals surface area contributed by atoms with Gasteiger partial charge in [0.2, 0.25) is 0 Å². The fraction of sp³-hybridized carbons (Fsp3) is 0. The van der Waals surface area contributed by atoms with Crippen LogP contribution in [0.2, 0.25) is 0 Å². The Morgan fingerprint density at radius 1 is 0.690 bits per heavy atom. The summed E-state index contributed by atoms with van der Waals surface area (Å²) in [5.41, 5.74) is -1.09. The number of carboxylic acid groups (broad SMARTS) is 2. The molecule has 4 N–H and O–H groups in total. The van der Waals surface area contributed by atoms with Gasteiger partial charge < -0.3 is 20.4 Å². The maximum Gasteiger partial charge on any atom is 2.00 e. The summed E-state index contributed by atoms with van der Waals surface area (Å²) in [6.45, 7) is 0. The average molecular weight is 493 g/mol. The van der Waals surface area contributed by atoms with Crippen LogP contribution < -0.4 is 10.2 Å². The van der Waals surface area contributed by atoms with Crippen LogP contribution in [0.1, 0.15) is 20.7 Å². The molecule has 29 heavy (non-hydrogen) atoms. The Hall–Kier alpha value is -2.69. The van der Waals surface area contributed by atoms with Crippen LogP contribution in [0.4, 0.5) is 0 Å². The summed E-state index contributed by atoms with van der Waals surface area (Å²) >= 11 is 0. The zero-order valence-corrected chi connectivity index (χ0v) is 16.3. The molecule has 0 spiro atoms. The minimum absolute atomic E-state index is 0. The van der Waals surface area contributed by atoms with Crippen molar-refractivity contribution in [3.8, 4) is 11.5 Å². The van der Waals surface area contributed by atoms with Gasteiger partial charge in [0, 0.05) is 0 Å².